The second-order valence-corrected chi connectivity index (χ2v) is 6.48. The minimum Gasteiger partial charge on any atom is -0.550 e. The summed E-state index contributed by atoms with van der Waals surface area (Å²) < 4.78 is 0. The number of aromatic nitrogens is 2. The molecule has 40 heavy (non-hydrogen) atoms. The Labute approximate surface area is 259 Å². The van der Waals surface area contributed by atoms with Gasteiger partial charge in [-0.15, -0.1) is 0 Å². The molecule has 14 heteroatoms. The molecule has 0 atom stereocenters. The van der Waals surface area contributed by atoms with Crippen molar-refractivity contribution in [2.75, 3.05) is 0 Å². The first-order valence-electron chi connectivity index (χ1n) is 10.5. The number of hydrogen-bond donors (Lipinski definition) is 0. The zero-order valence-electron chi connectivity index (χ0n) is 21.8. The standard InChI is InChI=1S/C18H14N4.4C2H4O2.2Pd/c1-2-10-18(22-14-16-8-4-6-12-20-16)17(9-1)21-13-15-7-3-5-11-19-15;4*1-2(3)4;;/h1-14H;4*1H3,(H,3,4);;/q;;;;;2*+2/p-4. The molecule has 12 nitrogen and oxygen atoms in total. The van der Waals surface area contributed by atoms with Gasteiger partial charge in [-0.3, -0.25) is 20.0 Å². The van der Waals surface area contributed by atoms with Crippen molar-refractivity contribution in [1.82, 2.24) is 9.97 Å². The molecule has 2 heterocycles. The van der Waals surface area contributed by atoms with Crippen LogP contribution in [0.3, 0.4) is 0 Å². The molecule has 3 rings (SSSR count). The van der Waals surface area contributed by atoms with Gasteiger partial charge in [0.1, 0.15) is 0 Å². The number of aliphatic imine (C=N–C) groups is 2. The molecule has 0 spiro atoms. The first-order chi connectivity index (χ1) is 17.8. The molecule has 0 bridgehead atoms. The average molecular weight is 735 g/mol. The van der Waals surface area contributed by atoms with Gasteiger partial charge >= 0.3 is 40.8 Å². The van der Waals surface area contributed by atoms with Crippen molar-refractivity contribution in [3.05, 3.63) is 84.4 Å². The van der Waals surface area contributed by atoms with Crippen molar-refractivity contribution >= 4 is 47.7 Å². The third kappa shape index (κ3) is 34.1. The van der Waals surface area contributed by atoms with E-state index in [4.69, 9.17) is 39.6 Å². The van der Waals surface area contributed by atoms with Crippen molar-refractivity contribution in [2.45, 2.75) is 27.7 Å². The van der Waals surface area contributed by atoms with E-state index in [1.165, 1.54) is 0 Å². The van der Waals surface area contributed by atoms with E-state index in [9.17, 15) is 0 Å². The number of rotatable bonds is 4. The van der Waals surface area contributed by atoms with E-state index in [-0.39, 0.29) is 40.8 Å². The summed E-state index contributed by atoms with van der Waals surface area (Å²) in [7, 11) is 0. The van der Waals surface area contributed by atoms with E-state index < -0.39 is 23.9 Å². The maximum absolute atomic E-state index is 8.89. The number of carboxylic acids is 4. The SMILES string of the molecule is C(=Nc1ccccc1N=Cc1ccccn1)c1ccccn1.CC(=O)[O-].CC(=O)[O-].CC(=O)[O-].CC(=O)[O-].[Pd+2].[Pd+2]. The molecule has 1 aromatic carbocycles. The van der Waals surface area contributed by atoms with Crippen molar-refractivity contribution in [1.29, 1.82) is 0 Å². The predicted octanol–water partition coefficient (Wildman–Crippen LogP) is -1.00. The van der Waals surface area contributed by atoms with Gasteiger partial charge in [0.15, 0.2) is 0 Å². The number of nitrogens with zero attached hydrogens (tertiary/aromatic N) is 4. The van der Waals surface area contributed by atoms with Crippen LogP contribution in [0, 0.1) is 0 Å². The molecule has 0 saturated carbocycles. The van der Waals surface area contributed by atoms with Crippen molar-refractivity contribution in [3.8, 4) is 0 Å². The van der Waals surface area contributed by atoms with Crippen LogP contribution < -0.4 is 20.4 Å². The molecule has 0 unspecified atom stereocenters. The predicted molar refractivity (Wildman–Crippen MR) is 132 cm³/mol. The number of pyridine rings is 2. The molecule has 0 amide bonds. The second-order valence-electron chi connectivity index (χ2n) is 6.48. The number of para-hydroxylation sites is 2. The Bertz CT molecular complexity index is 1050. The normalized spacial score (nSPS) is 8.70. The van der Waals surface area contributed by atoms with Gasteiger partial charge in [0.2, 0.25) is 0 Å². The molecule has 0 aliphatic rings. The number of benzene rings is 1. The summed E-state index contributed by atoms with van der Waals surface area (Å²) in [5, 5.41) is 35.6. The first-order valence-corrected chi connectivity index (χ1v) is 10.5. The van der Waals surface area contributed by atoms with E-state index in [1.54, 1.807) is 24.8 Å². The number of carbonyl (C=O) groups excluding carboxylic acids is 4. The van der Waals surface area contributed by atoms with E-state index in [2.05, 4.69) is 20.0 Å². The van der Waals surface area contributed by atoms with Crippen LogP contribution in [-0.4, -0.2) is 46.3 Å². The Morgan fingerprint density at radius 3 is 1.02 bits per heavy atom. The Morgan fingerprint density at radius 2 is 0.800 bits per heavy atom. The summed E-state index contributed by atoms with van der Waals surface area (Å²) in [5.74, 6) is -4.33. The maximum Gasteiger partial charge on any atom is 2.00 e. The van der Waals surface area contributed by atoms with Crippen LogP contribution in [-0.2, 0) is 60.0 Å². The van der Waals surface area contributed by atoms with Crippen LogP contribution in [0.4, 0.5) is 11.4 Å². The van der Waals surface area contributed by atoms with E-state index in [0.29, 0.717) is 0 Å². The molecule has 0 aliphatic carbocycles. The molecule has 3 aromatic rings. The summed E-state index contributed by atoms with van der Waals surface area (Å²) in [6.45, 7) is 3.89. The average Bonchev–Trinajstić information content (AvgIpc) is 2.82. The van der Waals surface area contributed by atoms with Gasteiger partial charge in [-0.1, -0.05) is 24.3 Å². The van der Waals surface area contributed by atoms with Crippen molar-refractivity contribution in [3.63, 3.8) is 0 Å². The van der Waals surface area contributed by atoms with Gasteiger partial charge < -0.3 is 39.6 Å². The zero-order valence-corrected chi connectivity index (χ0v) is 24.9. The summed E-state index contributed by atoms with van der Waals surface area (Å²) in [5.41, 5.74) is 3.21. The van der Waals surface area contributed by atoms with E-state index in [1.807, 2.05) is 60.7 Å². The Kier molecular flexibility index (Phi) is 30.3. The molecule has 0 N–H and O–H groups in total. The van der Waals surface area contributed by atoms with Crippen molar-refractivity contribution < 1.29 is 80.4 Å². The summed E-state index contributed by atoms with van der Waals surface area (Å²) in [6.07, 6.45) is 6.95. The van der Waals surface area contributed by atoms with Crippen LogP contribution in [0.25, 0.3) is 0 Å². The largest absolute Gasteiger partial charge is 2.00 e. The van der Waals surface area contributed by atoms with Gasteiger partial charge in [0.25, 0.3) is 0 Å². The molecule has 218 valence electrons. The molecule has 0 fully saturated rings. The molecular formula is C26H26N4O8Pd2. The van der Waals surface area contributed by atoms with Crippen LogP contribution in [0.1, 0.15) is 39.1 Å². The van der Waals surface area contributed by atoms with Gasteiger partial charge in [0, 0.05) is 36.3 Å². The number of aliphatic carboxylic acids is 4. The van der Waals surface area contributed by atoms with Gasteiger partial charge in [-0.25, -0.2) is 0 Å². The molecule has 0 radical (unpaired) electrons. The van der Waals surface area contributed by atoms with Crippen molar-refractivity contribution in [2.24, 2.45) is 9.98 Å². The zero-order chi connectivity index (χ0) is 29.3. The van der Waals surface area contributed by atoms with E-state index >= 15 is 0 Å². The quantitative estimate of drug-likeness (QED) is 0.236. The van der Waals surface area contributed by atoms with Crippen LogP contribution >= 0.6 is 0 Å². The number of carbonyl (C=O) groups is 4. The van der Waals surface area contributed by atoms with Gasteiger partial charge in [-0.2, -0.15) is 0 Å². The fourth-order valence-electron chi connectivity index (χ4n) is 1.86. The third-order valence-corrected chi connectivity index (χ3v) is 2.93. The van der Waals surface area contributed by atoms with Gasteiger partial charge in [-0.05, 0) is 64.1 Å². The first kappa shape index (κ1) is 43.1. The summed E-state index contributed by atoms with van der Waals surface area (Å²) >= 11 is 0. The Balaban J connectivity index is -0.000000300. The van der Waals surface area contributed by atoms with Crippen LogP contribution in [0.2, 0.25) is 0 Å². The molecule has 2 aromatic heterocycles. The Hall–Kier alpha value is -3.94. The van der Waals surface area contributed by atoms with Crippen LogP contribution in [0.15, 0.2) is 83.0 Å². The summed E-state index contributed by atoms with van der Waals surface area (Å²) in [6, 6.07) is 19.1. The fourth-order valence-corrected chi connectivity index (χ4v) is 1.86. The van der Waals surface area contributed by atoms with E-state index in [0.717, 1.165) is 50.5 Å². The monoisotopic (exact) mass is 734 g/mol. The number of carboxylic acid groups (broad SMARTS) is 4. The molecule has 0 aliphatic heterocycles. The summed E-state index contributed by atoms with van der Waals surface area (Å²) in [4.78, 5) is 52.9. The maximum atomic E-state index is 8.89. The number of hydrogen-bond acceptors (Lipinski definition) is 12. The van der Waals surface area contributed by atoms with Crippen LogP contribution in [0.5, 0.6) is 0 Å². The molecular weight excluding hydrogens is 709 g/mol. The Morgan fingerprint density at radius 1 is 0.550 bits per heavy atom. The minimum atomic E-state index is -1.08. The smallest absolute Gasteiger partial charge is 0.550 e. The second kappa shape index (κ2) is 28.1. The topological polar surface area (TPSA) is 211 Å². The third-order valence-electron chi connectivity index (χ3n) is 2.93. The molecule has 0 saturated heterocycles. The fraction of sp³-hybridized carbons (Fsp3) is 0.154. The van der Waals surface area contributed by atoms with Gasteiger partial charge in [0.05, 0.1) is 35.2 Å². The minimum absolute atomic E-state index is 0.